The predicted octanol–water partition coefficient (Wildman–Crippen LogP) is 5.43. The zero-order chi connectivity index (χ0) is 22.2. The van der Waals surface area contributed by atoms with Crippen LogP contribution in [0.5, 0.6) is 0 Å². The molecule has 3 aromatic carbocycles. The van der Waals surface area contributed by atoms with Crippen LogP contribution in [-0.4, -0.2) is 21.3 Å². The Labute approximate surface area is 183 Å². The molecule has 0 spiro atoms. The van der Waals surface area contributed by atoms with E-state index in [2.05, 4.69) is 21.6 Å². The maximum atomic E-state index is 13.8. The molecule has 5 rings (SSSR count). The molecule has 1 heterocycles. The van der Waals surface area contributed by atoms with E-state index in [9.17, 15) is 19.6 Å². The summed E-state index contributed by atoms with van der Waals surface area (Å²) in [6, 6.07) is 18.0. The van der Waals surface area contributed by atoms with Crippen LogP contribution in [0, 0.1) is 17.1 Å². The first-order valence-electron chi connectivity index (χ1n) is 10.3. The van der Waals surface area contributed by atoms with Crippen LogP contribution in [0.2, 0.25) is 0 Å². The molecule has 4 aromatic rings. The summed E-state index contributed by atoms with van der Waals surface area (Å²) >= 11 is 0. The van der Waals surface area contributed by atoms with Gasteiger partial charge in [0.2, 0.25) is 0 Å². The first-order chi connectivity index (χ1) is 15.5. The predicted molar refractivity (Wildman–Crippen MR) is 119 cm³/mol. The first-order valence-corrected chi connectivity index (χ1v) is 10.3. The molecule has 1 atom stereocenters. The van der Waals surface area contributed by atoms with Gasteiger partial charge in [-0.3, -0.25) is 5.10 Å². The van der Waals surface area contributed by atoms with Crippen LogP contribution in [0.1, 0.15) is 45.9 Å². The number of halogens is 1. The standard InChI is InChI=1S/C25H19FN4O2/c26-21-8-5-16(11-19(21)25(31)32)24-20-12-17(6-9-23(20)29-30-24)28-22-3-1-2-15-10-14(13-27)4-7-18(15)22/h4-12,22,28H,1-3H2,(H,29,30)(H,31,32)/t22-/m0/s1. The number of fused-ring (bicyclic) bond motifs is 2. The van der Waals surface area contributed by atoms with E-state index < -0.39 is 11.8 Å². The number of hydrogen-bond donors (Lipinski definition) is 3. The smallest absolute Gasteiger partial charge is 0.338 e. The lowest BCUT2D eigenvalue weighted by Crippen LogP contribution is -2.17. The van der Waals surface area contributed by atoms with Crippen LogP contribution in [0.25, 0.3) is 22.2 Å². The molecule has 0 fully saturated rings. The fourth-order valence-corrected chi connectivity index (χ4v) is 4.40. The number of hydrogen-bond acceptors (Lipinski definition) is 4. The van der Waals surface area contributed by atoms with Crippen molar-refractivity contribution in [3.63, 3.8) is 0 Å². The molecule has 0 unspecified atom stereocenters. The Kier molecular flexibility index (Phi) is 4.83. The molecular formula is C25H19FN4O2. The quantitative estimate of drug-likeness (QED) is 0.404. The van der Waals surface area contributed by atoms with Crippen LogP contribution >= 0.6 is 0 Å². The van der Waals surface area contributed by atoms with Crippen LogP contribution < -0.4 is 5.32 Å². The topological polar surface area (TPSA) is 102 Å². The summed E-state index contributed by atoms with van der Waals surface area (Å²) in [5, 5.41) is 30.1. The molecule has 0 saturated carbocycles. The summed E-state index contributed by atoms with van der Waals surface area (Å²) in [7, 11) is 0. The number of aromatic amines is 1. The number of anilines is 1. The molecule has 0 bridgehead atoms. The van der Waals surface area contributed by atoms with Gasteiger partial charge in [0.25, 0.3) is 0 Å². The number of benzene rings is 3. The second-order valence-electron chi connectivity index (χ2n) is 7.95. The second kappa shape index (κ2) is 7.82. The number of nitriles is 1. The monoisotopic (exact) mass is 426 g/mol. The van der Waals surface area contributed by atoms with E-state index in [-0.39, 0.29) is 11.6 Å². The fraction of sp³-hybridized carbons (Fsp3) is 0.160. The summed E-state index contributed by atoms with van der Waals surface area (Å²) in [4.78, 5) is 11.3. The summed E-state index contributed by atoms with van der Waals surface area (Å²) in [5.74, 6) is -2.10. The van der Waals surface area contributed by atoms with E-state index >= 15 is 0 Å². The first kappa shape index (κ1) is 19.8. The van der Waals surface area contributed by atoms with Gasteiger partial charge in [0.1, 0.15) is 5.82 Å². The van der Waals surface area contributed by atoms with E-state index in [4.69, 9.17) is 0 Å². The zero-order valence-electron chi connectivity index (χ0n) is 17.0. The highest BCUT2D eigenvalue weighted by Gasteiger charge is 2.21. The Morgan fingerprint density at radius 2 is 2.06 bits per heavy atom. The lowest BCUT2D eigenvalue weighted by molar-refractivity contribution is 0.0692. The molecule has 3 N–H and O–H groups in total. The third-order valence-electron chi connectivity index (χ3n) is 5.96. The number of aromatic nitrogens is 2. The summed E-state index contributed by atoms with van der Waals surface area (Å²) in [5.41, 5.74) is 5.49. The van der Waals surface area contributed by atoms with Gasteiger partial charge in [-0.25, -0.2) is 9.18 Å². The fourth-order valence-electron chi connectivity index (χ4n) is 4.40. The Morgan fingerprint density at radius 3 is 2.88 bits per heavy atom. The lowest BCUT2D eigenvalue weighted by atomic mass is 9.86. The van der Waals surface area contributed by atoms with E-state index in [1.165, 1.54) is 23.3 Å². The average molecular weight is 426 g/mol. The molecule has 1 aliphatic carbocycles. The number of carboxylic acids is 1. The highest BCUT2D eigenvalue weighted by molar-refractivity contribution is 5.97. The van der Waals surface area contributed by atoms with Gasteiger partial charge in [0, 0.05) is 16.6 Å². The SMILES string of the molecule is N#Cc1ccc2c(c1)CCC[C@@H]2Nc1ccc2[nH]nc(-c3ccc(F)c(C(=O)O)c3)c2c1. The van der Waals surface area contributed by atoms with Crippen molar-refractivity contribution < 1.29 is 14.3 Å². The van der Waals surface area contributed by atoms with Crippen LogP contribution in [0.4, 0.5) is 10.1 Å². The number of rotatable bonds is 4. The number of aromatic carboxylic acids is 1. The van der Waals surface area contributed by atoms with Crippen LogP contribution in [-0.2, 0) is 6.42 Å². The largest absolute Gasteiger partial charge is 0.478 e. The van der Waals surface area contributed by atoms with Gasteiger partial charge in [-0.2, -0.15) is 10.4 Å². The van der Waals surface area contributed by atoms with Crippen LogP contribution in [0.15, 0.2) is 54.6 Å². The highest BCUT2D eigenvalue weighted by Crippen LogP contribution is 2.35. The van der Waals surface area contributed by atoms with Crippen molar-refractivity contribution >= 4 is 22.6 Å². The number of aryl methyl sites for hydroxylation is 1. The molecule has 0 saturated heterocycles. The van der Waals surface area contributed by atoms with Crippen molar-refractivity contribution in [1.82, 2.24) is 10.2 Å². The number of H-pyrrole nitrogens is 1. The van der Waals surface area contributed by atoms with Crippen molar-refractivity contribution in [2.75, 3.05) is 5.32 Å². The minimum Gasteiger partial charge on any atom is -0.478 e. The van der Waals surface area contributed by atoms with Crippen molar-refractivity contribution in [3.05, 3.63) is 82.7 Å². The number of nitrogens with one attached hydrogen (secondary N) is 2. The van der Waals surface area contributed by atoms with Gasteiger partial charge in [-0.05, 0) is 78.9 Å². The third kappa shape index (κ3) is 3.46. The maximum absolute atomic E-state index is 13.8. The second-order valence-corrected chi connectivity index (χ2v) is 7.95. The number of carbonyl (C=O) groups is 1. The number of carboxylic acid groups (broad SMARTS) is 1. The number of nitrogens with zero attached hydrogens (tertiary/aromatic N) is 2. The van der Waals surface area contributed by atoms with E-state index in [0.29, 0.717) is 16.8 Å². The minimum atomic E-state index is -1.32. The highest BCUT2D eigenvalue weighted by atomic mass is 19.1. The molecule has 1 aliphatic rings. The van der Waals surface area contributed by atoms with E-state index in [0.717, 1.165) is 41.9 Å². The molecule has 1 aromatic heterocycles. The molecule has 7 heteroatoms. The van der Waals surface area contributed by atoms with Gasteiger partial charge in [-0.15, -0.1) is 0 Å². The Balaban J connectivity index is 1.50. The molecule has 0 amide bonds. The van der Waals surface area contributed by atoms with Crippen molar-refractivity contribution in [2.45, 2.75) is 25.3 Å². The van der Waals surface area contributed by atoms with Crippen molar-refractivity contribution in [2.24, 2.45) is 0 Å². The Morgan fingerprint density at radius 1 is 1.19 bits per heavy atom. The Hall–Kier alpha value is -4.18. The van der Waals surface area contributed by atoms with E-state index in [1.807, 2.05) is 36.4 Å². The summed E-state index contributed by atoms with van der Waals surface area (Å²) in [6.07, 6.45) is 2.98. The van der Waals surface area contributed by atoms with Gasteiger partial charge in [0.15, 0.2) is 0 Å². The van der Waals surface area contributed by atoms with E-state index in [1.54, 1.807) is 0 Å². The minimum absolute atomic E-state index is 0.128. The molecule has 6 nitrogen and oxygen atoms in total. The van der Waals surface area contributed by atoms with Gasteiger partial charge >= 0.3 is 5.97 Å². The maximum Gasteiger partial charge on any atom is 0.338 e. The van der Waals surface area contributed by atoms with Gasteiger partial charge < -0.3 is 10.4 Å². The summed E-state index contributed by atoms with van der Waals surface area (Å²) in [6.45, 7) is 0. The normalized spacial score (nSPS) is 15.2. The molecule has 0 aliphatic heterocycles. The van der Waals surface area contributed by atoms with Crippen LogP contribution in [0.3, 0.4) is 0 Å². The molecule has 32 heavy (non-hydrogen) atoms. The van der Waals surface area contributed by atoms with Gasteiger partial charge in [0.05, 0.1) is 34.4 Å². The summed E-state index contributed by atoms with van der Waals surface area (Å²) < 4.78 is 13.8. The molecular weight excluding hydrogens is 407 g/mol. The zero-order valence-corrected chi connectivity index (χ0v) is 17.0. The van der Waals surface area contributed by atoms with Gasteiger partial charge in [-0.1, -0.05) is 6.07 Å². The third-order valence-corrected chi connectivity index (χ3v) is 5.96. The molecule has 158 valence electrons. The Bertz CT molecular complexity index is 1400. The lowest BCUT2D eigenvalue weighted by Gasteiger charge is -2.27. The average Bonchev–Trinajstić information content (AvgIpc) is 3.22. The van der Waals surface area contributed by atoms with Crippen molar-refractivity contribution in [1.29, 1.82) is 5.26 Å². The molecule has 0 radical (unpaired) electrons. The van der Waals surface area contributed by atoms with Crippen molar-refractivity contribution in [3.8, 4) is 17.3 Å².